The number of fused-ring (bicyclic) bond motifs is 3. The van der Waals surface area contributed by atoms with Crippen LogP contribution in [0.2, 0.25) is 0 Å². The highest BCUT2D eigenvalue weighted by atomic mass is 32.2. The number of rotatable bonds is 6. The van der Waals surface area contributed by atoms with Crippen molar-refractivity contribution in [1.82, 2.24) is 9.80 Å². The number of carbonyl (C=O) groups is 3. The summed E-state index contributed by atoms with van der Waals surface area (Å²) in [6.07, 6.45) is 8.14. The van der Waals surface area contributed by atoms with Crippen molar-refractivity contribution in [2.75, 3.05) is 24.6 Å². The van der Waals surface area contributed by atoms with Gasteiger partial charge in [0.2, 0.25) is 11.8 Å². The second kappa shape index (κ2) is 11.8. The molecule has 0 aromatic heterocycles. The summed E-state index contributed by atoms with van der Waals surface area (Å²) in [6, 6.07) is 31.6. The van der Waals surface area contributed by atoms with Crippen LogP contribution in [0.3, 0.4) is 0 Å². The molecule has 8 heteroatoms. The first-order valence-corrected chi connectivity index (χ1v) is 17.3. The molecule has 4 aliphatic heterocycles. The number of likely N-dealkylation sites (tertiary alicyclic amines) is 1. The van der Waals surface area contributed by atoms with Gasteiger partial charge in [-0.15, -0.1) is 11.8 Å². The maximum atomic E-state index is 15.2. The monoisotopic (exact) mass is 655 g/mol. The smallest absolute Gasteiger partial charge is 0.251 e. The van der Waals surface area contributed by atoms with Gasteiger partial charge in [0.05, 0.1) is 29.2 Å². The number of benzene rings is 4. The van der Waals surface area contributed by atoms with Crippen molar-refractivity contribution >= 4 is 45.9 Å². The number of aliphatic hydroxyl groups is 1. The molecule has 7 nitrogen and oxygen atoms in total. The molecule has 1 spiro atoms. The fourth-order valence-corrected chi connectivity index (χ4v) is 10.5. The minimum Gasteiger partial charge on any atom is -0.394 e. The van der Waals surface area contributed by atoms with Crippen LogP contribution in [0.4, 0.5) is 5.69 Å². The summed E-state index contributed by atoms with van der Waals surface area (Å²) in [6.45, 7) is 2.87. The van der Waals surface area contributed by atoms with Crippen molar-refractivity contribution < 1.29 is 19.5 Å². The number of carbonyl (C=O) groups excluding carboxylic acids is 3. The molecule has 8 rings (SSSR count). The fourth-order valence-electron chi connectivity index (χ4n) is 8.40. The molecule has 3 amide bonds. The van der Waals surface area contributed by atoms with E-state index in [1.807, 2.05) is 133 Å². The summed E-state index contributed by atoms with van der Waals surface area (Å²) in [5.74, 6) is -2.09. The zero-order chi connectivity index (χ0) is 33.0. The second-order valence-corrected chi connectivity index (χ2v) is 15.1. The van der Waals surface area contributed by atoms with Crippen molar-refractivity contribution in [3.8, 4) is 0 Å². The van der Waals surface area contributed by atoms with Gasteiger partial charge >= 0.3 is 0 Å². The van der Waals surface area contributed by atoms with Gasteiger partial charge < -0.3 is 19.8 Å². The van der Waals surface area contributed by atoms with E-state index in [1.54, 1.807) is 21.6 Å². The van der Waals surface area contributed by atoms with Crippen LogP contribution >= 0.6 is 11.8 Å². The molecule has 4 aromatic rings. The number of thioether (sulfide) groups is 1. The van der Waals surface area contributed by atoms with Crippen LogP contribution < -0.4 is 4.90 Å². The minimum atomic E-state index is -1.03. The average molecular weight is 656 g/mol. The molecule has 4 aliphatic rings. The lowest BCUT2D eigenvalue weighted by Crippen LogP contribution is -2.54. The first kappa shape index (κ1) is 30.7. The van der Waals surface area contributed by atoms with Gasteiger partial charge in [-0.1, -0.05) is 115 Å². The molecule has 0 saturated carbocycles. The Morgan fingerprint density at radius 1 is 0.771 bits per heavy atom. The predicted molar refractivity (Wildman–Crippen MR) is 189 cm³/mol. The first-order chi connectivity index (χ1) is 23.3. The highest BCUT2D eigenvalue weighted by Crippen LogP contribution is 2.66. The predicted octanol–water partition coefficient (Wildman–Crippen LogP) is 5.76. The SMILES string of the molecule is C[C@]12C=CCN(Cc3ccccc3)C(=O)[C@H]1[C@H]1C(=O)N([C@H](CO)c3ccccc3)C3C(=O)N(c4ccc5ccccc5c4)CC=C[C@@]31S2. The van der Waals surface area contributed by atoms with Crippen LogP contribution in [0.25, 0.3) is 10.8 Å². The van der Waals surface area contributed by atoms with Crippen LogP contribution in [-0.4, -0.2) is 67.9 Å². The van der Waals surface area contributed by atoms with E-state index in [0.717, 1.165) is 27.6 Å². The van der Waals surface area contributed by atoms with Gasteiger partial charge in [-0.05, 0) is 41.0 Å². The largest absolute Gasteiger partial charge is 0.394 e. The molecule has 2 fully saturated rings. The van der Waals surface area contributed by atoms with Gasteiger partial charge in [0.25, 0.3) is 5.91 Å². The Balaban J connectivity index is 1.26. The first-order valence-electron chi connectivity index (χ1n) is 16.5. The van der Waals surface area contributed by atoms with Gasteiger partial charge in [-0.25, -0.2) is 0 Å². The average Bonchev–Trinajstić information content (AvgIpc) is 3.38. The third-order valence-electron chi connectivity index (χ3n) is 10.5. The molecule has 0 aliphatic carbocycles. The molecule has 48 heavy (non-hydrogen) atoms. The lowest BCUT2D eigenvalue weighted by molar-refractivity contribution is -0.145. The molecule has 1 N–H and O–H groups in total. The zero-order valence-corrected chi connectivity index (χ0v) is 27.5. The van der Waals surface area contributed by atoms with Crippen LogP contribution in [-0.2, 0) is 20.9 Å². The van der Waals surface area contributed by atoms with E-state index in [0.29, 0.717) is 19.6 Å². The molecule has 4 heterocycles. The van der Waals surface area contributed by atoms with Crippen molar-refractivity contribution in [1.29, 1.82) is 0 Å². The van der Waals surface area contributed by atoms with Crippen LogP contribution in [0.1, 0.15) is 24.1 Å². The molecular weight excluding hydrogens is 619 g/mol. The molecular formula is C40H37N3O4S. The van der Waals surface area contributed by atoms with Gasteiger partial charge in [0, 0.05) is 30.1 Å². The number of aliphatic hydroxyl groups excluding tert-OH is 1. The highest BCUT2D eigenvalue weighted by molar-refractivity contribution is 8.02. The number of hydrogen-bond acceptors (Lipinski definition) is 5. The van der Waals surface area contributed by atoms with Crippen molar-refractivity contribution in [2.24, 2.45) is 11.8 Å². The molecule has 6 atom stereocenters. The molecule has 242 valence electrons. The van der Waals surface area contributed by atoms with Crippen LogP contribution in [0.5, 0.6) is 0 Å². The van der Waals surface area contributed by atoms with Crippen molar-refractivity contribution in [2.45, 2.75) is 35.0 Å². The second-order valence-electron chi connectivity index (χ2n) is 13.3. The maximum Gasteiger partial charge on any atom is 0.251 e. The van der Waals surface area contributed by atoms with E-state index in [1.165, 1.54) is 0 Å². The third kappa shape index (κ3) is 4.72. The van der Waals surface area contributed by atoms with Gasteiger partial charge in [0.15, 0.2) is 0 Å². The van der Waals surface area contributed by atoms with E-state index in [2.05, 4.69) is 6.08 Å². The summed E-state index contributed by atoms with van der Waals surface area (Å²) < 4.78 is -1.76. The van der Waals surface area contributed by atoms with Gasteiger partial charge in [0.1, 0.15) is 6.04 Å². The quantitative estimate of drug-likeness (QED) is 0.267. The Morgan fingerprint density at radius 2 is 1.46 bits per heavy atom. The Hall–Kier alpha value is -4.66. The summed E-state index contributed by atoms with van der Waals surface area (Å²) in [5.41, 5.74) is 2.50. The lowest BCUT2D eigenvalue weighted by Gasteiger charge is -2.40. The normalized spacial score (nSPS) is 28.7. The number of nitrogens with zero attached hydrogens (tertiary/aromatic N) is 3. The Labute approximate surface area is 284 Å². The summed E-state index contributed by atoms with van der Waals surface area (Å²) in [5, 5.41) is 13.0. The number of hydrogen-bond donors (Lipinski definition) is 1. The van der Waals surface area contributed by atoms with E-state index >= 15 is 9.59 Å². The van der Waals surface area contributed by atoms with Crippen LogP contribution in [0, 0.1) is 11.8 Å². The number of anilines is 1. The van der Waals surface area contributed by atoms with Crippen LogP contribution in [0.15, 0.2) is 127 Å². The van der Waals surface area contributed by atoms with Crippen molar-refractivity contribution in [3.05, 3.63) is 139 Å². The van der Waals surface area contributed by atoms with E-state index in [9.17, 15) is 9.90 Å². The van der Waals surface area contributed by atoms with E-state index < -0.39 is 33.4 Å². The fraction of sp³-hybridized carbons (Fsp3) is 0.275. The topological polar surface area (TPSA) is 81.2 Å². The zero-order valence-electron chi connectivity index (χ0n) is 26.7. The Bertz CT molecular complexity index is 1970. The molecule has 1 unspecified atom stereocenters. The summed E-state index contributed by atoms with van der Waals surface area (Å²) >= 11 is 1.56. The standard InChI is InChI=1S/C40H37N3O4S/c1-39-20-10-22-41(25-27-12-4-2-5-13-27)36(45)33(39)34-37(46)43(32(26-44)29-15-6-3-7-16-29)35-38(47)42(23-11-21-40(34,35)48-39)31-19-18-28-14-8-9-17-30(28)24-31/h2-21,24,32-35,44H,22-23,25-26H2,1H3/t32-,33-,34+,35?,39+,40+/m1/s1. The number of amides is 3. The summed E-state index contributed by atoms with van der Waals surface area (Å²) in [7, 11) is 0. The van der Waals surface area contributed by atoms with Gasteiger partial charge in [-0.2, -0.15) is 0 Å². The summed E-state index contributed by atoms with van der Waals surface area (Å²) in [4.78, 5) is 50.2. The van der Waals surface area contributed by atoms with Crippen molar-refractivity contribution in [3.63, 3.8) is 0 Å². The Kier molecular flexibility index (Phi) is 7.53. The molecule has 0 radical (unpaired) electrons. The third-order valence-corrected chi connectivity index (χ3v) is 12.3. The molecule has 2 saturated heterocycles. The lowest BCUT2D eigenvalue weighted by atomic mass is 9.74. The molecule has 0 bridgehead atoms. The van der Waals surface area contributed by atoms with E-state index in [-0.39, 0.29) is 24.3 Å². The minimum absolute atomic E-state index is 0.0913. The van der Waals surface area contributed by atoms with Gasteiger partial charge in [-0.3, -0.25) is 14.4 Å². The highest BCUT2D eigenvalue weighted by Gasteiger charge is 2.74. The maximum absolute atomic E-state index is 15.2. The molecule has 4 aromatic carbocycles. The Morgan fingerprint density at radius 3 is 2.21 bits per heavy atom. The van der Waals surface area contributed by atoms with E-state index in [4.69, 9.17) is 0 Å².